The first-order valence-corrected chi connectivity index (χ1v) is 17.6. The number of ether oxygens (including phenoxy) is 3. The number of nitrogens with zero attached hydrogens (tertiary/aromatic N) is 3. The van der Waals surface area contributed by atoms with E-state index in [-0.39, 0.29) is 24.0 Å². The second-order valence-electron chi connectivity index (χ2n) is 12.6. The Balaban J connectivity index is 1.45. The van der Waals surface area contributed by atoms with Crippen LogP contribution < -0.4 is 20.1 Å². The van der Waals surface area contributed by atoms with E-state index in [9.17, 15) is 14.4 Å². The number of pyridine rings is 1. The Kier molecular flexibility index (Phi) is 13.7. The molecule has 48 heavy (non-hydrogen) atoms. The van der Waals surface area contributed by atoms with E-state index in [4.69, 9.17) is 24.2 Å². The highest BCUT2D eigenvalue weighted by Gasteiger charge is 2.38. The maximum atomic E-state index is 13.6. The maximum Gasteiger partial charge on any atom is 0.328 e. The molecule has 0 saturated carbocycles. The zero-order valence-corrected chi connectivity index (χ0v) is 29.7. The van der Waals surface area contributed by atoms with Gasteiger partial charge in [-0.3, -0.25) is 9.69 Å². The molecule has 260 valence electrons. The average Bonchev–Trinajstić information content (AvgIpc) is 3.69. The highest BCUT2D eigenvalue weighted by Crippen LogP contribution is 2.35. The van der Waals surface area contributed by atoms with Crippen LogP contribution in [0.3, 0.4) is 0 Å². The van der Waals surface area contributed by atoms with E-state index < -0.39 is 18.1 Å². The maximum absolute atomic E-state index is 13.6. The van der Waals surface area contributed by atoms with E-state index in [1.54, 1.807) is 7.11 Å². The van der Waals surface area contributed by atoms with Crippen LogP contribution in [0.25, 0.3) is 22.3 Å². The van der Waals surface area contributed by atoms with Gasteiger partial charge in [0.15, 0.2) is 5.13 Å². The number of unbranched alkanes of at least 4 members (excludes halogenated alkanes) is 5. The number of nitrogens with one attached hydrogen (secondary N) is 2. The summed E-state index contributed by atoms with van der Waals surface area (Å²) < 4.78 is 17.1. The van der Waals surface area contributed by atoms with Gasteiger partial charge in [-0.25, -0.2) is 14.8 Å². The van der Waals surface area contributed by atoms with Crippen LogP contribution in [0.2, 0.25) is 0 Å². The summed E-state index contributed by atoms with van der Waals surface area (Å²) in [7, 11) is 4.84. The zero-order valence-electron chi connectivity index (χ0n) is 28.9. The van der Waals surface area contributed by atoms with Crippen LogP contribution >= 0.6 is 11.3 Å². The molecule has 0 bridgehead atoms. The number of thiazole rings is 1. The van der Waals surface area contributed by atoms with Crippen molar-refractivity contribution in [1.82, 2.24) is 20.2 Å². The number of aromatic nitrogens is 2. The van der Waals surface area contributed by atoms with Gasteiger partial charge in [0.2, 0.25) is 5.91 Å². The molecule has 2 aromatic heterocycles. The second-order valence-corrected chi connectivity index (χ2v) is 13.5. The molecule has 0 spiro atoms. The first-order valence-electron chi connectivity index (χ1n) is 16.7. The molecule has 1 fully saturated rings. The van der Waals surface area contributed by atoms with Gasteiger partial charge < -0.3 is 29.6 Å². The van der Waals surface area contributed by atoms with Gasteiger partial charge in [0.1, 0.15) is 35.6 Å². The number of esters is 1. The van der Waals surface area contributed by atoms with E-state index in [2.05, 4.69) is 24.5 Å². The number of methoxy groups -OCH3 is 2. The fourth-order valence-electron chi connectivity index (χ4n) is 5.81. The summed E-state index contributed by atoms with van der Waals surface area (Å²) in [6, 6.07) is 6.54. The van der Waals surface area contributed by atoms with Gasteiger partial charge in [0, 0.05) is 54.2 Å². The summed E-state index contributed by atoms with van der Waals surface area (Å²) in [5.41, 5.74) is 2.14. The van der Waals surface area contributed by atoms with Gasteiger partial charge in [0.05, 0.1) is 31.5 Å². The molecule has 1 aromatic carbocycles. The Bertz CT molecular complexity index is 1560. The highest BCUT2D eigenvalue weighted by molar-refractivity contribution is 7.14. The van der Waals surface area contributed by atoms with Crippen molar-refractivity contribution < 1.29 is 28.6 Å². The number of likely N-dealkylation sites (tertiary alicyclic amines) is 1. The minimum Gasteiger partial charge on any atom is -0.497 e. The molecule has 11 nitrogen and oxygen atoms in total. The van der Waals surface area contributed by atoms with Gasteiger partial charge in [-0.15, -0.1) is 11.3 Å². The molecule has 4 rings (SSSR count). The summed E-state index contributed by atoms with van der Waals surface area (Å²) in [5, 5.41) is 9.92. The van der Waals surface area contributed by atoms with Crippen molar-refractivity contribution in [3.63, 3.8) is 0 Å². The van der Waals surface area contributed by atoms with E-state index >= 15 is 0 Å². The first-order chi connectivity index (χ1) is 23.1. The number of likely N-dealkylation sites (N-methyl/N-ethyl adjacent to an activating group) is 1. The number of hydrogen-bond acceptors (Lipinski definition) is 11. The Labute approximate surface area is 287 Å². The third-order valence-corrected chi connectivity index (χ3v) is 9.20. The molecule has 0 aliphatic carbocycles. The van der Waals surface area contributed by atoms with Crippen LogP contribution in [-0.2, 0) is 19.1 Å². The number of fused-ring (bicyclic) bond motifs is 1. The lowest BCUT2D eigenvalue weighted by molar-refractivity contribution is -0.146. The number of amides is 1. The summed E-state index contributed by atoms with van der Waals surface area (Å²) >= 11 is 1.52. The number of carbonyl (C=O) groups excluding carboxylic acids is 3. The normalized spacial score (nSPS) is 17.8. The van der Waals surface area contributed by atoms with Crippen LogP contribution in [0.4, 0.5) is 5.13 Å². The fourth-order valence-corrected chi connectivity index (χ4v) is 6.66. The predicted molar refractivity (Wildman–Crippen MR) is 190 cm³/mol. The molecule has 1 aliphatic rings. The number of hydrogen-bond donors (Lipinski definition) is 2. The van der Waals surface area contributed by atoms with Crippen LogP contribution in [0, 0.1) is 5.92 Å². The fraction of sp³-hybridized carbons (Fsp3) is 0.528. The van der Waals surface area contributed by atoms with Gasteiger partial charge in [0.25, 0.3) is 0 Å². The van der Waals surface area contributed by atoms with Gasteiger partial charge in [-0.05, 0) is 52.3 Å². The number of carbonyl (C=O) groups is 3. The van der Waals surface area contributed by atoms with Crippen molar-refractivity contribution in [3.05, 3.63) is 41.8 Å². The molecule has 2 N–H and O–H groups in total. The first kappa shape index (κ1) is 36.8. The lowest BCUT2D eigenvalue weighted by Crippen LogP contribution is -2.51. The second kappa shape index (κ2) is 17.9. The molecule has 1 saturated heterocycles. The van der Waals surface area contributed by atoms with Crippen LogP contribution in [0.5, 0.6) is 11.5 Å². The van der Waals surface area contributed by atoms with E-state index in [0.717, 1.165) is 60.1 Å². The van der Waals surface area contributed by atoms with Crippen molar-refractivity contribution in [2.45, 2.75) is 89.9 Å². The average molecular weight is 680 g/mol. The molecule has 1 amide bonds. The highest BCUT2D eigenvalue weighted by atomic mass is 32.1. The zero-order chi connectivity index (χ0) is 34.6. The topological polar surface area (TPSA) is 132 Å². The summed E-state index contributed by atoms with van der Waals surface area (Å²) in [6.45, 7) is 6.56. The van der Waals surface area contributed by atoms with Gasteiger partial charge in [-0.1, -0.05) is 31.9 Å². The number of benzene rings is 1. The monoisotopic (exact) mass is 679 g/mol. The summed E-state index contributed by atoms with van der Waals surface area (Å²) in [6.07, 6.45) is 10.6. The minimum atomic E-state index is -0.811. The van der Waals surface area contributed by atoms with Gasteiger partial charge in [-0.2, -0.15) is 0 Å². The molecular formula is C36H49N5O6S. The molecule has 12 heteroatoms. The van der Waals surface area contributed by atoms with Gasteiger partial charge >= 0.3 is 5.97 Å². The van der Waals surface area contributed by atoms with Crippen LogP contribution in [-0.4, -0.2) is 85.1 Å². The summed E-state index contributed by atoms with van der Waals surface area (Å²) in [4.78, 5) is 48.4. The summed E-state index contributed by atoms with van der Waals surface area (Å²) in [5.74, 6) is 0.357. The van der Waals surface area contributed by atoms with Crippen LogP contribution in [0.15, 0.2) is 41.8 Å². The standard InChI is InChI=1S/C36H49N5O6S/c1-23(2)37-36-39-30(22-48-36)29-20-32(27-16-15-25(45-5)18-28(27)38-29)47-26-19-31(41(4)21-26)34(43)40-33(35(44)46-6)24(3)14-12-10-8-7-9-11-13-17-42/h12,14-18,20,22-24,26,31,33H,7-11,13,19,21H2,1-6H3,(H,37,39)(H,40,43)/b14-12-/t24?,26-,31?,33?/m1/s1. The Morgan fingerprint density at radius 1 is 1.06 bits per heavy atom. The molecule has 3 unspecified atom stereocenters. The van der Waals surface area contributed by atoms with Crippen molar-refractivity contribution in [2.75, 3.05) is 33.1 Å². The molecule has 4 atom stereocenters. The smallest absolute Gasteiger partial charge is 0.328 e. The quantitative estimate of drug-likeness (QED) is 0.0711. The lowest BCUT2D eigenvalue weighted by Gasteiger charge is -2.24. The predicted octanol–water partition coefficient (Wildman–Crippen LogP) is 6.03. The van der Waals surface area contributed by atoms with E-state index in [0.29, 0.717) is 36.6 Å². The third-order valence-electron chi connectivity index (χ3n) is 8.43. The lowest BCUT2D eigenvalue weighted by atomic mass is 9.99. The molecule has 1 aliphatic heterocycles. The number of allylic oxidation sites excluding steroid dienone is 1. The van der Waals surface area contributed by atoms with Crippen molar-refractivity contribution in [3.8, 4) is 22.9 Å². The van der Waals surface area contributed by atoms with Crippen LogP contribution in [0.1, 0.15) is 65.7 Å². The van der Waals surface area contributed by atoms with E-state index in [1.807, 2.05) is 60.7 Å². The van der Waals surface area contributed by atoms with E-state index in [1.165, 1.54) is 18.4 Å². The minimum absolute atomic E-state index is 0.243. The third kappa shape index (κ3) is 9.99. The van der Waals surface area contributed by atoms with Crippen molar-refractivity contribution >= 4 is 45.5 Å². The SMILES string of the molecule is COC(=O)C(NC(=O)C1C[C@@H](Oc2cc(-c3csc(NC(C)C)n3)nc3cc(OC)ccc23)CN1C)C(C)/C=C\CCCCCCC=O. The largest absolute Gasteiger partial charge is 0.497 e. The number of aldehydes is 1. The Hall–Kier alpha value is -4.03. The van der Waals surface area contributed by atoms with Crippen molar-refractivity contribution in [2.24, 2.45) is 5.92 Å². The van der Waals surface area contributed by atoms with Crippen molar-refractivity contribution in [1.29, 1.82) is 0 Å². The number of rotatable bonds is 18. The molecule has 0 radical (unpaired) electrons. The molecule has 3 aromatic rings. The molecule has 3 heterocycles. The number of anilines is 1. The Morgan fingerprint density at radius 3 is 2.54 bits per heavy atom. The molecular weight excluding hydrogens is 630 g/mol. The Morgan fingerprint density at radius 2 is 1.83 bits per heavy atom.